The maximum absolute atomic E-state index is 13.1. The van der Waals surface area contributed by atoms with E-state index < -0.39 is 16.1 Å². The number of amides is 2. The van der Waals surface area contributed by atoms with E-state index in [-0.39, 0.29) is 29.3 Å². The molecule has 0 aromatic heterocycles. The van der Waals surface area contributed by atoms with Gasteiger partial charge in [-0.1, -0.05) is 30.7 Å². The summed E-state index contributed by atoms with van der Waals surface area (Å²) in [5.74, 6) is -0.387. The molecule has 9 heteroatoms. The van der Waals surface area contributed by atoms with Crippen LogP contribution in [0.1, 0.15) is 45.4 Å². The van der Waals surface area contributed by atoms with Gasteiger partial charge in [0.2, 0.25) is 21.8 Å². The van der Waals surface area contributed by atoms with Crippen molar-refractivity contribution in [2.45, 2.75) is 62.4 Å². The first-order valence-corrected chi connectivity index (χ1v) is 13.4. The summed E-state index contributed by atoms with van der Waals surface area (Å²) >= 11 is 6.01. The Kier molecular flexibility index (Phi) is 7.26. The summed E-state index contributed by atoms with van der Waals surface area (Å²) in [7, 11) is -3.91. The number of likely N-dealkylation sites (tertiary alicyclic amines) is 2. The lowest BCUT2D eigenvalue weighted by Gasteiger charge is -2.38. The van der Waals surface area contributed by atoms with Gasteiger partial charge >= 0.3 is 0 Å². The second-order valence-electron chi connectivity index (χ2n) is 8.87. The Morgan fingerprint density at radius 3 is 2.61 bits per heavy atom. The molecule has 2 fully saturated rings. The Morgan fingerprint density at radius 1 is 1.06 bits per heavy atom. The van der Waals surface area contributed by atoms with E-state index in [0.29, 0.717) is 24.4 Å². The number of sulfonamides is 1. The van der Waals surface area contributed by atoms with Gasteiger partial charge in [0.25, 0.3) is 0 Å². The zero-order valence-electron chi connectivity index (χ0n) is 18.8. The molecule has 0 spiro atoms. The summed E-state index contributed by atoms with van der Waals surface area (Å²) in [4.78, 5) is 29.5. The van der Waals surface area contributed by atoms with Gasteiger partial charge in [-0.2, -0.15) is 4.72 Å². The first kappa shape index (κ1) is 24.0. The van der Waals surface area contributed by atoms with Crippen molar-refractivity contribution in [1.82, 2.24) is 14.5 Å². The van der Waals surface area contributed by atoms with Crippen molar-refractivity contribution in [3.05, 3.63) is 41.4 Å². The molecule has 2 aliphatic rings. The Hall–Kier alpha value is -2.16. The Morgan fingerprint density at radius 2 is 1.82 bits per heavy atom. The average Bonchev–Trinajstić information content (AvgIpc) is 2.81. The molecule has 2 unspecified atom stereocenters. The number of piperidine rings is 2. The molecule has 4 rings (SSSR count). The highest BCUT2D eigenvalue weighted by atomic mass is 35.5. The monoisotopic (exact) mass is 491 g/mol. The molecular weight excluding hydrogens is 462 g/mol. The summed E-state index contributed by atoms with van der Waals surface area (Å²) in [5.41, 5.74) is 0. The molecule has 2 aliphatic heterocycles. The molecule has 2 atom stereocenters. The van der Waals surface area contributed by atoms with Crippen LogP contribution >= 0.6 is 11.6 Å². The summed E-state index contributed by atoms with van der Waals surface area (Å²) in [6.07, 6.45) is 5.05. The number of fused-ring (bicyclic) bond motifs is 1. The summed E-state index contributed by atoms with van der Waals surface area (Å²) in [6, 6.07) is 9.38. The number of benzene rings is 2. The zero-order valence-corrected chi connectivity index (χ0v) is 20.4. The fourth-order valence-electron chi connectivity index (χ4n) is 4.83. The van der Waals surface area contributed by atoms with Crippen LogP contribution in [0.4, 0.5) is 0 Å². The van der Waals surface area contributed by atoms with E-state index in [4.69, 9.17) is 11.6 Å². The third-order valence-corrected chi connectivity index (χ3v) is 8.36. The normalized spacial score (nSPS) is 22.1. The lowest BCUT2D eigenvalue weighted by Crippen LogP contribution is -2.55. The summed E-state index contributed by atoms with van der Waals surface area (Å²) in [6.45, 7) is 3.27. The number of hydrogen-bond donors (Lipinski definition) is 1. The van der Waals surface area contributed by atoms with Crippen molar-refractivity contribution in [3.63, 3.8) is 0 Å². The highest BCUT2D eigenvalue weighted by molar-refractivity contribution is 7.89. The minimum Gasteiger partial charge on any atom is -0.338 e. The van der Waals surface area contributed by atoms with Gasteiger partial charge in [-0.05, 0) is 73.6 Å². The van der Waals surface area contributed by atoms with Crippen LogP contribution < -0.4 is 4.72 Å². The third kappa shape index (κ3) is 5.34. The number of rotatable bonds is 6. The Balaban J connectivity index is 1.45. The van der Waals surface area contributed by atoms with E-state index >= 15 is 0 Å². The Bertz CT molecular complexity index is 1150. The molecule has 0 aliphatic carbocycles. The second kappa shape index (κ2) is 9.99. The van der Waals surface area contributed by atoms with Gasteiger partial charge in [-0.25, -0.2) is 8.42 Å². The van der Waals surface area contributed by atoms with Gasteiger partial charge in [0, 0.05) is 24.2 Å². The highest BCUT2D eigenvalue weighted by Crippen LogP contribution is 2.24. The van der Waals surface area contributed by atoms with E-state index in [0.717, 1.165) is 43.0 Å². The largest absolute Gasteiger partial charge is 0.338 e. The van der Waals surface area contributed by atoms with E-state index in [2.05, 4.69) is 11.6 Å². The van der Waals surface area contributed by atoms with Gasteiger partial charge in [-0.3, -0.25) is 9.59 Å². The minimum atomic E-state index is -3.91. The van der Waals surface area contributed by atoms with Crippen LogP contribution in [0.25, 0.3) is 10.8 Å². The predicted molar refractivity (Wildman–Crippen MR) is 129 cm³/mol. The number of nitrogens with zero attached hydrogens (tertiary/aromatic N) is 2. The molecule has 178 valence electrons. The number of carbonyl (C=O) groups is 2. The van der Waals surface area contributed by atoms with Crippen LogP contribution in [0.3, 0.4) is 0 Å². The molecule has 2 aromatic carbocycles. The topological polar surface area (TPSA) is 86.8 Å². The van der Waals surface area contributed by atoms with Crippen LogP contribution in [0.5, 0.6) is 0 Å². The molecule has 1 N–H and O–H groups in total. The van der Waals surface area contributed by atoms with Crippen molar-refractivity contribution in [3.8, 4) is 0 Å². The van der Waals surface area contributed by atoms with E-state index in [1.54, 1.807) is 30.3 Å². The smallest absolute Gasteiger partial charge is 0.242 e. The minimum absolute atomic E-state index is 0.00426. The maximum Gasteiger partial charge on any atom is 0.242 e. The maximum atomic E-state index is 13.1. The highest BCUT2D eigenvalue weighted by Gasteiger charge is 2.35. The van der Waals surface area contributed by atoms with E-state index in [9.17, 15) is 18.0 Å². The van der Waals surface area contributed by atoms with Crippen molar-refractivity contribution in [1.29, 1.82) is 0 Å². The number of nitrogens with one attached hydrogen (secondary N) is 1. The summed E-state index contributed by atoms with van der Waals surface area (Å²) < 4.78 is 28.6. The number of hydrogen-bond acceptors (Lipinski definition) is 4. The third-order valence-electron chi connectivity index (χ3n) is 6.66. The molecule has 7 nitrogen and oxygen atoms in total. The van der Waals surface area contributed by atoms with Gasteiger partial charge < -0.3 is 9.80 Å². The lowest BCUT2D eigenvalue weighted by molar-refractivity contribution is -0.145. The molecule has 0 radical (unpaired) electrons. The zero-order chi connectivity index (χ0) is 23.6. The SMILES string of the molecule is CCC1CCCCN1C(=O)CN1CCCC(NS(=O)(=O)c2ccc3cc(Cl)ccc3c2)C1=O. The van der Waals surface area contributed by atoms with Crippen LogP contribution in [-0.2, 0) is 19.6 Å². The van der Waals surface area contributed by atoms with Crippen molar-refractivity contribution in [2.24, 2.45) is 0 Å². The van der Waals surface area contributed by atoms with Gasteiger partial charge in [0.1, 0.15) is 6.04 Å². The standard InChI is InChI=1S/C24H30ClN3O4S/c1-2-20-6-3-4-13-28(20)23(29)16-27-12-5-7-22(24(27)30)26-33(31,32)21-11-9-17-14-19(25)10-8-18(17)15-21/h8-11,14-15,20,22,26H,2-7,12-13,16H2,1H3. The predicted octanol–water partition coefficient (Wildman–Crippen LogP) is 3.55. The van der Waals surface area contributed by atoms with Gasteiger partial charge in [0.15, 0.2) is 0 Å². The molecule has 0 saturated carbocycles. The molecule has 2 heterocycles. The second-order valence-corrected chi connectivity index (χ2v) is 11.0. The first-order valence-electron chi connectivity index (χ1n) is 11.6. The quantitative estimate of drug-likeness (QED) is 0.669. The molecule has 2 aromatic rings. The van der Waals surface area contributed by atoms with Crippen molar-refractivity contribution < 1.29 is 18.0 Å². The van der Waals surface area contributed by atoms with Crippen LogP contribution in [0.15, 0.2) is 41.3 Å². The first-order chi connectivity index (χ1) is 15.8. The van der Waals surface area contributed by atoms with Crippen molar-refractivity contribution in [2.75, 3.05) is 19.6 Å². The Labute approximate surface area is 200 Å². The van der Waals surface area contributed by atoms with Crippen LogP contribution in [0, 0.1) is 0 Å². The summed E-state index contributed by atoms with van der Waals surface area (Å²) in [5, 5.41) is 2.16. The van der Waals surface area contributed by atoms with E-state index in [1.165, 1.54) is 11.0 Å². The van der Waals surface area contributed by atoms with Gasteiger partial charge in [-0.15, -0.1) is 0 Å². The molecular formula is C24H30ClN3O4S. The lowest BCUT2D eigenvalue weighted by atomic mass is 9.99. The van der Waals surface area contributed by atoms with Crippen molar-refractivity contribution >= 4 is 44.2 Å². The number of halogens is 1. The molecule has 0 bridgehead atoms. The fraction of sp³-hybridized carbons (Fsp3) is 0.500. The van der Waals surface area contributed by atoms with Crippen LogP contribution in [-0.4, -0.2) is 61.7 Å². The van der Waals surface area contributed by atoms with Gasteiger partial charge in [0.05, 0.1) is 11.4 Å². The molecule has 33 heavy (non-hydrogen) atoms. The molecule has 2 saturated heterocycles. The number of carbonyl (C=O) groups excluding carboxylic acids is 2. The van der Waals surface area contributed by atoms with Crippen LogP contribution in [0.2, 0.25) is 5.02 Å². The fourth-order valence-corrected chi connectivity index (χ4v) is 6.27. The average molecular weight is 492 g/mol. The van der Waals surface area contributed by atoms with E-state index in [1.807, 2.05) is 4.90 Å². The molecule has 2 amide bonds.